The first-order valence-corrected chi connectivity index (χ1v) is 6.51. The van der Waals surface area contributed by atoms with E-state index in [4.69, 9.17) is 4.74 Å². The summed E-state index contributed by atoms with van der Waals surface area (Å²) >= 11 is 0. The molecular formula is C15H18O4. The molecule has 0 N–H and O–H groups in total. The number of rotatable bonds is 4. The van der Waals surface area contributed by atoms with Crippen molar-refractivity contribution >= 4 is 17.5 Å². The molecule has 0 aromatic carbocycles. The molecule has 0 amide bonds. The van der Waals surface area contributed by atoms with Crippen LogP contribution in [0, 0.1) is 5.92 Å². The highest BCUT2D eigenvalue weighted by Crippen LogP contribution is 2.37. The molecule has 1 heterocycles. The number of ether oxygens (including phenoxy) is 1. The average molecular weight is 262 g/mol. The number of allylic oxidation sites excluding steroid dienone is 2. The first-order chi connectivity index (χ1) is 8.90. The van der Waals surface area contributed by atoms with Crippen LogP contribution in [0.15, 0.2) is 23.3 Å². The zero-order valence-corrected chi connectivity index (χ0v) is 11.3. The Kier molecular flexibility index (Phi) is 3.69. The van der Waals surface area contributed by atoms with Gasteiger partial charge in [0.2, 0.25) is 0 Å². The molecule has 1 fully saturated rings. The van der Waals surface area contributed by atoms with Crippen molar-refractivity contribution < 1.29 is 19.1 Å². The molecule has 4 nitrogen and oxygen atoms in total. The van der Waals surface area contributed by atoms with Crippen molar-refractivity contribution in [3.05, 3.63) is 23.3 Å². The lowest BCUT2D eigenvalue weighted by Gasteiger charge is -2.17. The maximum atomic E-state index is 11.8. The van der Waals surface area contributed by atoms with Crippen molar-refractivity contribution in [1.82, 2.24) is 0 Å². The molecule has 0 unspecified atom stereocenters. The largest absolute Gasteiger partial charge is 0.458 e. The smallest absolute Gasteiger partial charge is 0.334 e. The molecule has 0 spiro atoms. The first-order valence-electron chi connectivity index (χ1n) is 6.51. The van der Waals surface area contributed by atoms with E-state index in [1.807, 2.05) is 6.92 Å². The van der Waals surface area contributed by atoms with E-state index in [-0.39, 0.29) is 23.9 Å². The highest BCUT2D eigenvalue weighted by Gasteiger charge is 2.40. The lowest BCUT2D eigenvalue weighted by atomic mass is 9.86. The minimum Gasteiger partial charge on any atom is -0.458 e. The van der Waals surface area contributed by atoms with Gasteiger partial charge in [-0.3, -0.25) is 9.59 Å². The maximum Gasteiger partial charge on any atom is 0.334 e. The average Bonchev–Trinajstić information content (AvgIpc) is 2.76. The molecule has 1 saturated heterocycles. The topological polar surface area (TPSA) is 60.4 Å². The van der Waals surface area contributed by atoms with E-state index in [1.54, 1.807) is 0 Å². The zero-order valence-electron chi connectivity index (χ0n) is 11.3. The molecule has 0 bridgehead atoms. The van der Waals surface area contributed by atoms with Crippen LogP contribution in [0.3, 0.4) is 0 Å². The van der Waals surface area contributed by atoms with Crippen LogP contribution in [0.25, 0.3) is 0 Å². The van der Waals surface area contributed by atoms with Gasteiger partial charge in [0.15, 0.2) is 5.78 Å². The predicted octanol–water partition coefficient (Wildman–Crippen LogP) is 2.13. The number of ketones is 2. The van der Waals surface area contributed by atoms with Crippen molar-refractivity contribution in [2.75, 3.05) is 0 Å². The van der Waals surface area contributed by atoms with Crippen molar-refractivity contribution in [1.29, 1.82) is 0 Å². The Bertz CT molecular complexity index is 498. The van der Waals surface area contributed by atoms with Gasteiger partial charge in [0.05, 0.1) is 0 Å². The van der Waals surface area contributed by atoms with Gasteiger partial charge in [0.1, 0.15) is 11.9 Å². The Hall–Kier alpha value is -1.71. The summed E-state index contributed by atoms with van der Waals surface area (Å²) in [4.78, 5) is 34.6. The van der Waals surface area contributed by atoms with Crippen molar-refractivity contribution in [3.63, 3.8) is 0 Å². The molecule has 102 valence electrons. The standard InChI is InChI=1S/C15H18O4/c1-8-4-5-13(17)11(8)7-12-10(3)15(18)19-14(12)6-9(2)16/h12,14H,3-7H2,1-2H3/t12-,14-/m1/s1. The number of hydrogen-bond acceptors (Lipinski definition) is 4. The van der Waals surface area contributed by atoms with Crippen LogP contribution in [0.1, 0.15) is 39.5 Å². The summed E-state index contributed by atoms with van der Waals surface area (Å²) in [6.07, 6.45) is 1.53. The highest BCUT2D eigenvalue weighted by molar-refractivity contribution is 5.99. The van der Waals surface area contributed by atoms with E-state index < -0.39 is 12.1 Å². The summed E-state index contributed by atoms with van der Waals surface area (Å²) in [5, 5.41) is 0. The van der Waals surface area contributed by atoms with E-state index in [0.29, 0.717) is 18.4 Å². The minimum absolute atomic E-state index is 0.0269. The van der Waals surface area contributed by atoms with Crippen LogP contribution in [-0.2, 0) is 19.1 Å². The van der Waals surface area contributed by atoms with Gasteiger partial charge in [0.25, 0.3) is 0 Å². The summed E-state index contributed by atoms with van der Waals surface area (Å²) in [6, 6.07) is 0. The second-order valence-electron chi connectivity index (χ2n) is 5.37. The van der Waals surface area contributed by atoms with E-state index in [1.165, 1.54) is 6.92 Å². The monoisotopic (exact) mass is 262 g/mol. The molecule has 0 aromatic rings. The molecule has 19 heavy (non-hydrogen) atoms. The lowest BCUT2D eigenvalue weighted by Crippen LogP contribution is -2.21. The normalized spacial score (nSPS) is 27.2. The summed E-state index contributed by atoms with van der Waals surface area (Å²) in [5.41, 5.74) is 2.25. The van der Waals surface area contributed by atoms with Crippen LogP contribution in [0.4, 0.5) is 0 Å². The Morgan fingerprint density at radius 3 is 2.58 bits per heavy atom. The number of Topliss-reactive ketones (excluding diaryl/α,β-unsaturated/α-hetero) is 2. The van der Waals surface area contributed by atoms with Gasteiger partial charge in [0, 0.05) is 24.3 Å². The van der Waals surface area contributed by atoms with E-state index >= 15 is 0 Å². The Balaban J connectivity index is 2.18. The van der Waals surface area contributed by atoms with Crippen LogP contribution in [0.2, 0.25) is 0 Å². The summed E-state index contributed by atoms with van der Waals surface area (Å²) in [7, 11) is 0. The van der Waals surface area contributed by atoms with Gasteiger partial charge in [-0.15, -0.1) is 0 Å². The van der Waals surface area contributed by atoms with Crippen molar-refractivity contribution in [2.24, 2.45) is 5.92 Å². The fourth-order valence-electron chi connectivity index (χ4n) is 2.74. The van der Waals surface area contributed by atoms with Crippen LogP contribution in [-0.4, -0.2) is 23.6 Å². The second kappa shape index (κ2) is 5.11. The Labute approximate surface area is 112 Å². The molecule has 1 aliphatic heterocycles. The first kappa shape index (κ1) is 13.7. The minimum atomic E-state index is -0.466. The van der Waals surface area contributed by atoms with E-state index in [2.05, 4.69) is 6.58 Å². The summed E-state index contributed by atoms with van der Waals surface area (Å²) in [5.74, 6) is -0.574. The molecule has 4 heteroatoms. The van der Waals surface area contributed by atoms with Crippen LogP contribution >= 0.6 is 0 Å². The fraction of sp³-hybridized carbons (Fsp3) is 0.533. The van der Waals surface area contributed by atoms with Gasteiger partial charge >= 0.3 is 5.97 Å². The third-order valence-corrected chi connectivity index (χ3v) is 3.91. The van der Waals surface area contributed by atoms with Crippen molar-refractivity contribution in [2.45, 2.75) is 45.6 Å². The predicted molar refractivity (Wildman–Crippen MR) is 69.4 cm³/mol. The Morgan fingerprint density at radius 2 is 2.05 bits per heavy atom. The number of cyclic esters (lactones) is 1. The second-order valence-corrected chi connectivity index (χ2v) is 5.37. The number of carbonyl (C=O) groups excluding carboxylic acids is 3. The number of esters is 1. The molecule has 2 aliphatic rings. The van der Waals surface area contributed by atoms with E-state index in [0.717, 1.165) is 17.6 Å². The maximum absolute atomic E-state index is 11.8. The third-order valence-electron chi connectivity index (χ3n) is 3.91. The highest BCUT2D eigenvalue weighted by atomic mass is 16.6. The molecule has 0 radical (unpaired) electrons. The zero-order chi connectivity index (χ0) is 14.2. The van der Waals surface area contributed by atoms with Gasteiger partial charge in [-0.25, -0.2) is 4.79 Å². The molecule has 2 atom stereocenters. The molecule has 1 aliphatic carbocycles. The van der Waals surface area contributed by atoms with Gasteiger partial charge < -0.3 is 4.74 Å². The number of hydrogen-bond donors (Lipinski definition) is 0. The fourth-order valence-corrected chi connectivity index (χ4v) is 2.74. The van der Waals surface area contributed by atoms with Gasteiger partial charge in [-0.05, 0) is 32.3 Å². The molecule has 0 aromatic heterocycles. The molecule has 2 rings (SSSR count). The SMILES string of the molecule is C=C1C(=O)O[C@H](CC(C)=O)[C@@H]1CC1=C(C)CCC1=O. The van der Waals surface area contributed by atoms with Crippen molar-refractivity contribution in [3.8, 4) is 0 Å². The molecule has 0 saturated carbocycles. The van der Waals surface area contributed by atoms with Gasteiger partial charge in [-0.2, -0.15) is 0 Å². The van der Waals surface area contributed by atoms with Crippen LogP contribution < -0.4 is 0 Å². The van der Waals surface area contributed by atoms with Crippen LogP contribution in [0.5, 0.6) is 0 Å². The quantitative estimate of drug-likeness (QED) is 0.575. The summed E-state index contributed by atoms with van der Waals surface area (Å²) < 4.78 is 5.18. The number of carbonyl (C=O) groups is 3. The van der Waals surface area contributed by atoms with Gasteiger partial charge in [-0.1, -0.05) is 12.2 Å². The molecular weight excluding hydrogens is 244 g/mol. The Morgan fingerprint density at radius 1 is 1.37 bits per heavy atom. The lowest BCUT2D eigenvalue weighted by molar-refractivity contribution is -0.140. The van der Waals surface area contributed by atoms with E-state index in [9.17, 15) is 14.4 Å². The third kappa shape index (κ3) is 2.67. The summed E-state index contributed by atoms with van der Waals surface area (Å²) in [6.45, 7) is 7.16.